The van der Waals surface area contributed by atoms with Gasteiger partial charge in [-0.2, -0.15) is 0 Å². The number of rotatable bonds is 12. The molecule has 1 N–H and O–H groups in total. The van der Waals surface area contributed by atoms with E-state index in [0.717, 1.165) is 16.1 Å². The maximum absolute atomic E-state index is 14.1. The molecule has 2 amide bonds. The van der Waals surface area contributed by atoms with Crippen LogP contribution in [-0.4, -0.2) is 57.3 Å². The molecule has 4 rings (SSSR count). The predicted molar refractivity (Wildman–Crippen MR) is 159 cm³/mol. The van der Waals surface area contributed by atoms with Gasteiger partial charge in [0, 0.05) is 35.6 Å². The number of carbonyl (C=O) groups is 2. The Balaban J connectivity index is 1.74. The van der Waals surface area contributed by atoms with Gasteiger partial charge in [-0.1, -0.05) is 66.5 Å². The highest BCUT2D eigenvalue weighted by Gasteiger charge is 2.33. The molecule has 0 bridgehead atoms. The van der Waals surface area contributed by atoms with E-state index in [0.29, 0.717) is 40.1 Å². The van der Waals surface area contributed by atoms with E-state index in [4.69, 9.17) is 32.7 Å². The summed E-state index contributed by atoms with van der Waals surface area (Å²) in [5, 5.41) is 3.63. The van der Waals surface area contributed by atoms with Gasteiger partial charge in [0.25, 0.3) is 0 Å². The van der Waals surface area contributed by atoms with Crippen molar-refractivity contribution in [2.45, 2.75) is 32.4 Å². The third-order valence-electron chi connectivity index (χ3n) is 6.50. The van der Waals surface area contributed by atoms with Crippen LogP contribution in [-0.2, 0) is 32.6 Å². The van der Waals surface area contributed by atoms with Crippen LogP contribution >= 0.6 is 23.2 Å². The lowest BCUT2D eigenvalue weighted by Gasteiger charge is -2.33. The average Bonchev–Trinajstić information content (AvgIpc) is 3.41. The number of ether oxygens (including phenoxy) is 2. The molecule has 0 fully saturated rings. The van der Waals surface area contributed by atoms with Crippen LogP contribution in [0.1, 0.15) is 24.5 Å². The van der Waals surface area contributed by atoms with Crippen LogP contribution in [0.25, 0.3) is 0 Å². The predicted octanol–water partition coefficient (Wildman–Crippen LogP) is 4.65. The van der Waals surface area contributed by atoms with Gasteiger partial charge < -0.3 is 19.7 Å². The Morgan fingerprint density at radius 1 is 1.00 bits per heavy atom. The molecule has 0 aromatic heterocycles. The van der Waals surface area contributed by atoms with Crippen LogP contribution in [0, 0.1) is 0 Å². The normalized spacial score (nSPS) is 13.0. The second-order valence-electron chi connectivity index (χ2n) is 9.56. The van der Waals surface area contributed by atoms with E-state index in [1.54, 1.807) is 24.3 Å². The lowest BCUT2D eigenvalue weighted by atomic mass is 10.0. The van der Waals surface area contributed by atoms with E-state index in [2.05, 4.69) is 5.32 Å². The molecule has 0 aliphatic carbocycles. The molecular formula is C29H31Cl2N3O6S. The summed E-state index contributed by atoms with van der Waals surface area (Å²) in [6, 6.07) is 17.9. The van der Waals surface area contributed by atoms with Crippen molar-refractivity contribution in [2.24, 2.45) is 0 Å². The lowest BCUT2D eigenvalue weighted by molar-refractivity contribution is -0.140. The highest BCUT2D eigenvalue weighted by Crippen LogP contribution is 2.36. The van der Waals surface area contributed by atoms with Gasteiger partial charge in [0.2, 0.25) is 28.6 Å². The molecule has 1 atom stereocenters. The van der Waals surface area contributed by atoms with Crippen molar-refractivity contribution in [3.63, 3.8) is 0 Å². The fraction of sp³-hybridized carbons (Fsp3) is 0.310. The number of hydrogen-bond donors (Lipinski definition) is 1. The summed E-state index contributed by atoms with van der Waals surface area (Å²) in [4.78, 5) is 29.0. The Kier molecular flexibility index (Phi) is 10.0. The van der Waals surface area contributed by atoms with E-state index in [-0.39, 0.29) is 31.4 Å². The number of carbonyl (C=O) groups excluding carboxylic acids is 2. The molecule has 3 aromatic carbocycles. The number of sulfonamides is 1. The Labute approximate surface area is 250 Å². The summed E-state index contributed by atoms with van der Waals surface area (Å²) in [5.74, 6) is -0.104. The number of anilines is 1. The maximum Gasteiger partial charge on any atom is 0.244 e. The summed E-state index contributed by atoms with van der Waals surface area (Å²) in [7, 11) is -3.92. The molecule has 0 unspecified atom stereocenters. The number of hydrogen-bond acceptors (Lipinski definition) is 6. The van der Waals surface area contributed by atoms with E-state index < -0.39 is 28.5 Å². The number of benzene rings is 3. The number of amides is 2. The molecule has 0 saturated heterocycles. The van der Waals surface area contributed by atoms with Crippen molar-refractivity contribution in [2.75, 3.05) is 30.4 Å². The van der Waals surface area contributed by atoms with Gasteiger partial charge in [0.05, 0.1) is 11.9 Å². The van der Waals surface area contributed by atoms with Crippen molar-refractivity contribution in [1.29, 1.82) is 0 Å². The minimum absolute atomic E-state index is 0.0141. The monoisotopic (exact) mass is 619 g/mol. The van der Waals surface area contributed by atoms with Crippen molar-refractivity contribution < 1.29 is 27.5 Å². The highest BCUT2D eigenvalue weighted by atomic mass is 35.5. The van der Waals surface area contributed by atoms with Crippen LogP contribution in [0.15, 0.2) is 66.7 Å². The molecule has 12 heteroatoms. The highest BCUT2D eigenvalue weighted by molar-refractivity contribution is 7.92. The van der Waals surface area contributed by atoms with E-state index in [9.17, 15) is 18.0 Å². The smallest absolute Gasteiger partial charge is 0.244 e. The van der Waals surface area contributed by atoms with E-state index in [1.165, 1.54) is 17.0 Å². The summed E-state index contributed by atoms with van der Waals surface area (Å²) in [5.41, 5.74) is 1.62. The Bertz CT molecular complexity index is 1500. The molecule has 1 aliphatic rings. The van der Waals surface area contributed by atoms with Crippen molar-refractivity contribution in [3.05, 3.63) is 87.9 Å². The fourth-order valence-electron chi connectivity index (χ4n) is 4.41. The summed E-state index contributed by atoms with van der Waals surface area (Å²) in [6.07, 6.45) is 1.92. The third kappa shape index (κ3) is 7.84. The van der Waals surface area contributed by atoms with Crippen LogP contribution in [0.4, 0.5) is 5.69 Å². The second kappa shape index (κ2) is 13.5. The summed E-state index contributed by atoms with van der Waals surface area (Å²) in [6.45, 7) is 1.75. The number of nitrogens with zero attached hydrogens (tertiary/aromatic N) is 2. The third-order valence-corrected chi connectivity index (χ3v) is 8.23. The number of halogens is 2. The Morgan fingerprint density at radius 2 is 1.73 bits per heavy atom. The molecule has 1 heterocycles. The Morgan fingerprint density at radius 3 is 2.41 bits per heavy atom. The van der Waals surface area contributed by atoms with Crippen LogP contribution in [0.2, 0.25) is 10.0 Å². The molecule has 9 nitrogen and oxygen atoms in total. The van der Waals surface area contributed by atoms with Gasteiger partial charge in [0.1, 0.15) is 12.6 Å². The topological polar surface area (TPSA) is 105 Å². The first kappa shape index (κ1) is 30.5. The maximum atomic E-state index is 14.1. The zero-order chi connectivity index (χ0) is 29.6. The molecule has 0 saturated carbocycles. The standard InChI is InChI=1S/C29H31Cl2N3O6S/c1-3-13-32-29(36)25(14-20-7-5-4-6-8-20)33(17-21-9-10-22(30)15-24(21)31)28(35)18-34(41(2,37)38)23-11-12-26-27(16-23)40-19-39-26/h4-12,15-16,25H,3,13-14,17-19H2,1-2H3,(H,32,36)/t25-/m0/s1. The largest absolute Gasteiger partial charge is 0.454 e. The van der Waals surface area contributed by atoms with Crippen molar-refractivity contribution in [1.82, 2.24) is 10.2 Å². The minimum atomic E-state index is -3.92. The number of fused-ring (bicyclic) bond motifs is 1. The molecular weight excluding hydrogens is 589 g/mol. The summed E-state index contributed by atoms with van der Waals surface area (Å²) < 4.78 is 37.6. The quantitative estimate of drug-likeness (QED) is 0.316. The van der Waals surface area contributed by atoms with Crippen LogP contribution in [0.3, 0.4) is 0 Å². The first-order chi connectivity index (χ1) is 19.6. The molecule has 0 spiro atoms. The first-order valence-corrected chi connectivity index (χ1v) is 15.6. The zero-order valence-corrected chi connectivity index (χ0v) is 25.0. The van der Waals surface area contributed by atoms with Crippen molar-refractivity contribution in [3.8, 4) is 11.5 Å². The van der Waals surface area contributed by atoms with Gasteiger partial charge >= 0.3 is 0 Å². The fourth-order valence-corrected chi connectivity index (χ4v) is 5.72. The van der Waals surface area contributed by atoms with Gasteiger partial charge in [-0.05, 0) is 41.8 Å². The minimum Gasteiger partial charge on any atom is -0.454 e. The summed E-state index contributed by atoms with van der Waals surface area (Å²) >= 11 is 12.6. The zero-order valence-electron chi connectivity index (χ0n) is 22.7. The average molecular weight is 621 g/mol. The second-order valence-corrected chi connectivity index (χ2v) is 12.3. The van der Waals surface area contributed by atoms with Crippen LogP contribution < -0.4 is 19.1 Å². The lowest BCUT2D eigenvalue weighted by Crippen LogP contribution is -2.53. The first-order valence-electron chi connectivity index (χ1n) is 13.0. The van der Waals surface area contributed by atoms with Crippen molar-refractivity contribution >= 4 is 50.7 Å². The SMILES string of the molecule is CCCNC(=O)[C@H](Cc1ccccc1)N(Cc1ccc(Cl)cc1Cl)C(=O)CN(c1ccc2c(c1)OCO2)S(C)(=O)=O. The number of nitrogens with one attached hydrogen (secondary N) is 1. The van der Waals surface area contributed by atoms with E-state index in [1.807, 2.05) is 37.3 Å². The van der Waals surface area contributed by atoms with Gasteiger partial charge in [-0.25, -0.2) is 8.42 Å². The molecule has 218 valence electrons. The molecule has 3 aromatic rings. The molecule has 0 radical (unpaired) electrons. The molecule has 1 aliphatic heterocycles. The van der Waals surface area contributed by atoms with Gasteiger partial charge in [0.15, 0.2) is 11.5 Å². The molecule has 41 heavy (non-hydrogen) atoms. The van der Waals surface area contributed by atoms with E-state index >= 15 is 0 Å². The Hall–Kier alpha value is -3.47. The van der Waals surface area contributed by atoms with Gasteiger partial charge in [-0.15, -0.1) is 0 Å². The van der Waals surface area contributed by atoms with Crippen LogP contribution in [0.5, 0.6) is 11.5 Å². The van der Waals surface area contributed by atoms with Gasteiger partial charge in [-0.3, -0.25) is 13.9 Å².